The number of benzene rings is 2. The van der Waals surface area contributed by atoms with Gasteiger partial charge in [-0.15, -0.1) is 0 Å². The summed E-state index contributed by atoms with van der Waals surface area (Å²) in [5, 5.41) is 2.02. The lowest BCUT2D eigenvalue weighted by molar-refractivity contribution is -0.683. The predicted molar refractivity (Wildman–Crippen MR) is 113 cm³/mol. The quantitative estimate of drug-likeness (QED) is 0.775. The first kappa shape index (κ1) is 21.5. The van der Waals surface area contributed by atoms with E-state index < -0.39 is 10.0 Å². The lowest BCUT2D eigenvalue weighted by Crippen LogP contribution is -2.87. The van der Waals surface area contributed by atoms with Crippen LogP contribution in [0, 0.1) is 13.8 Å². The predicted octanol–water partition coefficient (Wildman–Crippen LogP) is 1.46. The molecule has 2 aromatic carbocycles. The molecule has 0 aliphatic carbocycles. The van der Waals surface area contributed by atoms with E-state index in [0.717, 1.165) is 11.1 Å². The first-order chi connectivity index (χ1) is 13.8. The molecule has 2 N–H and O–H groups in total. The number of hydrogen-bond donors (Lipinski definition) is 1. The Morgan fingerprint density at radius 3 is 2.28 bits per heavy atom. The van der Waals surface area contributed by atoms with Crippen LogP contribution in [0.3, 0.4) is 0 Å². The second-order valence-electron chi connectivity index (χ2n) is 7.67. The van der Waals surface area contributed by atoms with E-state index in [2.05, 4.69) is 19.1 Å². The molecule has 6 nitrogen and oxygen atoms in total. The molecular weight excluding hydrogens is 386 g/mol. The molecule has 0 bridgehead atoms. The van der Waals surface area contributed by atoms with Crippen molar-refractivity contribution in [1.82, 2.24) is 9.21 Å². The summed E-state index contributed by atoms with van der Waals surface area (Å²) < 4.78 is 27.3. The fraction of sp³-hybridized carbons (Fsp3) is 0.409. The summed E-state index contributed by atoms with van der Waals surface area (Å²) in [6.07, 6.45) is 0. The first-order valence-corrected chi connectivity index (χ1v) is 11.5. The summed E-state index contributed by atoms with van der Waals surface area (Å²) in [7, 11) is -3.52. The molecule has 0 aromatic heterocycles. The van der Waals surface area contributed by atoms with Crippen molar-refractivity contribution in [3.63, 3.8) is 0 Å². The lowest BCUT2D eigenvalue weighted by atomic mass is 10.1. The standard InChI is InChI=1S/C22H29N3O3S/c1-17-9-10-21(15-18(17)2)29(27,28)25-13-11-24(12-14-25)22(26)16-23-19(3)20-7-5-4-6-8-20/h4-10,15,19,23H,11-14,16H2,1-3H3/p+1/t19-/m1/s1. The van der Waals surface area contributed by atoms with Crippen molar-refractivity contribution in [2.75, 3.05) is 32.7 Å². The van der Waals surface area contributed by atoms with Crippen LogP contribution in [0.25, 0.3) is 0 Å². The van der Waals surface area contributed by atoms with Crippen LogP contribution in [0.4, 0.5) is 0 Å². The van der Waals surface area contributed by atoms with E-state index in [9.17, 15) is 13.2 Å². The number of piperazine rings is 1. The molecule has 2 aromatic rings. The second kappa shape index (κ2) is 9.07. The van der Waals surface area contributed by atoms with E-state index in [-0.39, 0.29) is 11.9 Å². The Kier molecular flexibility index (Phi) is 6.72. The monoisotopic (exact) mass is 416 g/mol. The third-order valence-corrected chi connectivity index (χ3v) is 7.57. The molecule has 1 saturated heterocycles. The zero-order valence-corrected chi connectivity index (χ0v) is 18.2. The molecule has 1 atom stereocenters. The van der Waals surface area contributed by atoms with Gasteiger partial charge in [0.2, 0.25) is 10.0 Å². The third-order valence-electron chi connectivity index (χ3n) is 5.68. The highest BCUT2D eigenvalue weighted by atomic mass is 32.2. The average Bonchev–Trinajstić information content (AvgIpc) is 2.74. The zero-order valence-electron chi connectivity index (χ0n) is 17.3. The number of sulfonamides is 1. The average molecular weight is 417 g/mol. The summed E-state index contributed by atoms with van der Waals surface area (Å²) in [6, 6.07) is 15.5. The molecule has 0 radical (unpaired) electrons. The molecule has 1 aliphatic heterocycles. The number of aryl methyl sites for hydroxylation is 2. The molecule has 0 saturated carbocycles. The van der Waals surface area contributed by atoms with Gasteiger partial charge >= 0.3 is 0 Å². The van der Waals surface area contributed by atoms with Crippen LogP contribution in [0.15, 0.2) is 53.4 Å². The third kappa shape index (κ3) is 5.04. The van der Waals surface area contributed by atoms with Crippen LogP contribution in [0.1, 0.15) is 29.7 Å². The van der Waals surface area contributed by atoms with Gasteiger partial charge in [-0.05, 0) is 44.0 Å². The Hall–Kier alpha value is -2.22. The number of quaternary nitrogens is 1. The van der Waals surface area contributed by atoms with Crippen molar-refractivity contribution in [2.24, 2.45) is 0 Å². The molecule has 3 rings (SSSR count). The second-order valence-corrected chi connectivity index (χ2v) is 9.61. The number of rotatable bonds is 6. The largest absolute Gasteiger partial charge is 0.335 e. The summed E-state index contributed by atoms with van der Waals surface area (Å²) in [5.41, 5.74) is 3.22. The van der Waals surface area contributed by atoms with Crippen LogP contribution in [-0.4, -0.2) is 56.3 Å². The highest BCUT2D eigenvalue weighted by molar-refractivity contribution is 7.89. The lowest BCUT2D eigenvalue weighted by Gasteiger charge is -2.33. The number of nitrogens with two attached hydrogens (primary N) is 1. The van der Waals surface area contributed by atoms with E-state index in [4.69, 9.17) is 0 Å². The number of carbonyl (C=O) groups excluding carboxylic acids is 1. The van der Waals surface area contributed by atoms with Crippen molar-refractivity contribution < 1.29 is 18.5 Å². The molecule has 1 heterocycles. The Bertz CT molecular complexity index is 953. The SMILES string of the molecule is Cc1ccc(S(=O)(=O)N2CCN(C(=O)C[NH2+][C@H](C)c3ccccc3)CC2)cc1C. The zero-order chi connectivity index (χ0) is 21.0. The summed E-state index contributed by atoms with van der Waals surface area (Å²) >= 11 is 0. The maximum absolute atomic E-state index is 12.9. The van der Waals surface area contributed by atoms with Gasteiger partial charge in [0.25, 0.3) is 5.91 Å². The van der Waals surface area contributed by atoms with Crippen molar-refractivity contribution in [3.8, 4) is 0 Å². The summed E-state index contributed by atoms with van der Waals surface area (Å²) in [6.45, 7) is 7.83. The van der Waals surface area contributed by atoms with Gasteiger partial charge in [0, 0.05) is 31.7 Å². The van der Waals surface area contributed by atoms with Gasteiger partial charge in [-0.25, -0.2) is 8.42 Å². The van der Waals surface area contributed by atoms with Gasteiger partial charge in [-0.2, -0.15) is 4.31 Å². The van der Waals surface area contributed by atoms with E-state index >= 15 is 0 Å². The van der Waals surface area contributed by atoms with Crippen molar-refractivity contribution in [3.05, 3.63) is 65.2 Å². The molecule has 1 fully saturated rings. The van der Waals surface area contributed by atoms with Gasteiger partial charge in [-0.1, -0.05) is 36.4 Å². The molecule has 7 heteroatoms. The minimum atomic E-state index is -3.52. The number of amides is 1. The summed E-state index contributed by atoms with van der Waals surface area (Å²) in [5.74, 6) is 0.0519. The van der Waals surface area contributed by atoms with Crippen LogP contribution in [-0.2, 0) is 14.8 Å². The van der Waals surface area contributed by atoms with Gasteiger partial charge in [0.1, 0.15) is 6.04 Å². The van der Waals surface area contributed by atoms with Crippen LogP contribution in [0.5, 0.6) is 0 Å². The molecular formula is C22H30N3O3S+. The maximum Gasteiger partial charge on any atom is 0.277 e. The fourth-order valence-corrected chi connectivity index (χ4v) is 5.01. The van der Waals surface area contributed by atoms with Crippen LogP contribution >= 0.6 is 0 Å². The maximum atomic E-state index is 12.9. The molecule has 0 unspecified atom stereocenters. The van der Waals surface area contributed by atoms with Gasteiger partial charge in [0.05, 0.1) is 4.90 Å². The highest BCUT2D eigenvalue weighted by Gasteiger charge is 2.30. The van der Waals surface area contributed by atoms with E-state index in [1.54, 1.807) is 17.0 Å². The molecule has 1 aliphatic rings. The molecule has 29 heavy (non-hydrogen) atoms. The van der Waals surface area contributed by atoms with E-state index in [1.807, 2.05) is 43.4 Å². The smallest absolute Gasteiger partial charge is 0.277 e. The molecule has 156 valence electrons. The summed E-state index contributed by atoms with van der Waals surface area (Å²) in [4.78, 5) is 14.7. The topological polar surface area (TPSA) is 74.3 Å². The minimum Gasteiger partial charge on any atom is -0.335 e. The van der Waals surface area contributed by atoms with Crippen LogP contribution in [0.2, 0.25) is 0 Å². The number of nitrogens with zero attached hydrogens (tertiary/aromatic N) is 2. The Morgan fingerprint density at radius 2 is 1.66 bits per heavy atom. The van der Waals surface area contributed by atoms with E-state index in [0.29, 0.717) is 37.6 Å². The normalized spacial score (nSPS) is 16.6. The minimum absolute atomic E-state index is 0.0519. The molecule has 0 spiro atoms. The fourth-order valence-electron chi connectivity index (χ4n) is 3.50. The Balaban J connectivity index is 1.54. The first-order valence-electron chi connectivity index (χ1n) is 10.0. The van der Waals surface area contributed by atoms with Crippen LogP contribution < -0.4 is 5.32 Å². The Morgan fingerprint density at radius 1 is 1.00 bits per heavy atom. The molecule has 1 amide bonds. The number of hydrogen-bond acceptors (Lipinski definition) is 3. The highest BCUT2D eigenvalue weighted by Crippen LogP contribution is 2.20. The van der Waals surface area contributed by atoms with Crippen molar-refractivity contribution in [1.29, 1.82) is 0 Å². The van der Waals surface area contributed by atoms with E-state index in [1.165, 1.54) is 9.87 Å². The van der Waals surface area contributed by atoms with Gasteiger partial charge in [0.15, 0.2) is 6.54 Å². The van der Waals surface area contributed by atoms with Gasteiger partial charge < -0.3 is 10.2 Å². The van der Waals surface area contributed by atoms with Gasteiger partial charge in [-0.3, -0.25) is 4.79 Å². The Labute approximate surface area is 173 Å². The van der Waals surface area contributed by atoms with Crippen molar-refractivity contribution in [2.45, 2.75) is 31.7 Å². The van der Waals surface area contributed by atoms with Crippen molar-refractivity contribution >= 4 is 15.9 Å². The number of carbonyl (C=O) groups is 1.